The van der Waals surface area contributed by atoms with Crippen molar-refractivity contribution in [3.05, 3.63) is 170 Å². The van der Waals surface area contributed by atoms with Crippen LogP contribution < -0.4 is 0 Å². The van der Waals surface area contributed by atoms with E-state index < -0.39 is 0 Å². The van der Waals surface area contributed by atoms with Gasteiger partial charge in [-0.1, -0.05) is 146 Å². The first-order valence-corrected chi connectivity index (χ1v) is 15.8. The third-order valence-corrected chi connectivity index (χ3v) is 8.85. The van der Waals surface area contributed by atoms with Crippen LogP contribution in [-0.2, 0) is 0 Å². The Kier molecular flexibility index (Phi) is 6.43. The predicted molar refractivity (Wildman–Crippen MR) is 193 cm³/mol. The van der Waals surface area contributed by atoms with Crippen LogP contribution in [0.15, 0.2) is 170 Å². The van der Waals surface area contributed by atoms with Gasteiger partial charge >= 0.3 is 0 Å². The van der Waals surface area contributed by atoms with Gasteiger partial charge in [0.15, 0.2) is 17.5 Å². The summed E-state index contributed by atoms with van der Waals surface area (Å²) in [6, 6.07) is 59.2. The lowest BCUT2D eigenvalue weighted by atomic mass is 10.0. The van der Waals surface area contributed by atoms with Gasteiger partial charge in [-0.25, -0.2) is 15.0 Å². The monoisotopic (exact) mass is 600 g/mol. The molecule has 4 heteroatoms. The van der Waals surface area contributed by atoms with E-state index in [0.29, 0.717) is 17.5 Å². The average molecular weight is 601 g/mol. The topological polar surface area (TPSA) is 43.6 Å². The number of benzene rings is 7. The summed E-state index contributed by atoms with van der Waals surface area (Å²) in [6.07, 6.45) is 0. The molecule has 9 rings (SSSR count). The van der Waals surface area contributed by atoms with Crippen LogP contribution in [0.25, 0.3) is 83.6 Å². The Balaban J connectivity index is 1.35. The maximum atomic E-state index is 5.11. The van der Waals surface area contributed by atoms with Gasteiger partial charge in [-0.05, 0) is 46.2 Å². The lowest BCUT2D eigenvalue weighted by Gasteiger charge is -2.15. The molecule has 0 N–H and O–H groups in total. The zero-order chi connectivity index (χ0) is 31.2. The molecule has 0 saturated heterocycles. The van der Waals surface area contributed by atoms with Crippen LogP contribution in [0, 0.1) is 0 Å². The maximum Gasteiger partial charge on any atom is 0.166 e. The van der Waals surface area contributed by atoms with Crippen molar-refractivity contribution in [2.45, 2.75) is 0 Å². The Morgan fingerprint density at radius 1 is 0.362 bits per heavy atom. The molecule has 0 atom stereocenters. The molecule has 0 amide bonds. The van der Waals surface area contributed by atoms with E-state index in [2.05, 4.69) is 114 Å². The van der Waals surface area contributed by atoms with Crippen molar-refractivity contribution < 1.29 is 0 Å². The highest BCUT2D eigenvalue weighted by molar-refractivity contribution is 6.21. The number of rotatable bonds is 5. The van der Waals surface area contributed by atoms with Crippen molar-refractivity contribution in [3.63, 3.8) is 0 Å². The first-order chi connectivity index (χ1) is 23.3. The highest BCUT2D eigenvalue weighted by atomic mass is 15.1. The Morgan fingerprint density at radius 2 is 0.936 bits per heavy atom. The highest BCUT2D eigenvalue weighted by Crippen LogP contribution is 2.40. The summed E-state index contributed by atoms with van der Waals surface area (Å²) in [5, 5.41) is 4.89. The van der Waals surface area contributed by atoms with Gasteiger partial charge in [0, 0.05) is 27.5 Å². The number of nitrogens with zero attached hydrogens (tertiary/aromatic N) is 4. The lowest BCUT2D eigenvalue weighted by molar-refractivity contribution is 1.06. The van der Waals surface area contributed by atoms with Crippen LogP contribution in [0.4, 0.5) is 0 Å². The second-order valence-electron chi connectivity index (χ2n) is 11.7. The predicted octanol–water partition coefficient (Wildman–Crippen LogP) is 10.8. The van der Waals surface area contributed by atoms with Gasteiger partial charge in [0.25, 0.3) is 0 Å². The molecule has 0 radical (unpaired) electrons. The molecule has 0 aliphatic carbocycles. The minimum absolute atomic E-state index is 0.628. The standard InChI is InChI=1S/C43H28N4/c1-4-14-29(15-5-1)33-24-26-35-39(28-33)47(38-27-25-30-16-10-11-21-34(30)40(35)38)37-23-13-12-22-36(37)43-45-41(31-17-6-2-7-18-31)44-42(46-43)32-19-8-3-9-20-32/h1-28H. The van der Waals surface area contributed by atoms with E-state index in [0.717, 1.165) is 33.4 Å². The molecule has 2 heterocycles. The van der Waals surface area contributed by atoms with Crippen LogP contribution in [0.3, 0.4) is 0 Å². The van der Waals surface area contributed by atoms with Crippen molar-refractivity contribution in [2.75, 3.05) is 0 Å². The van der Waals surface area contributed by atoms with Crippen LogP contribution in [0.2, 0.25) is 0 Å². The fourth-order valence-corrected chi connectivity index (χ4v) is 6.64. The molecule has 0 aliphatic rings. The van der Waals surface area contributed by atoms with Gasteiger partial charge in [-0.15, -0.1) is 0 Å². The summed E-state index contributed by atoms with van der Waals surface area (Å²) in [6.45, 7) is 0. The van der Waals surface area contributed by atoms with Crippen molar-refractivity contribution >= 4 is 32.6 Å². The first-order valence-electron chi connectivity index (χ1n) is 15.8. The van der Waals surface area contributed by atoms with Crippen LogP contribution >= 0.6 is 0 Å². The van der Waals surface area contributed by atoms with Crippen molar-refractivity contribution in [3.8, 4) is 51.0 Å². The number of hydrogen-bond donors (Lipinski definition) is 0. The fraction of sp³-hybridized carbons (Fsp3) is 0. The molecule has 7 aromatic carbocycles. The van der Waals surface area contributed by atoms with Gasteiger partial charge in [0.2, 0.25) is 0 Å². The Labute approximate surface area is 272 Å². The molecule has 0 aliphatic heterocycles. The van der Waals surface area contributed by atoms with E-state index in [-0.39, 0.29) is 0 Å². The highest BCUT2D eigenvalue weighted by Gasteiger charge is 2.20. The molecule has 47 heavy (non-hydrogen) atoms. The normalized spacial score (nSPS) is 11.4. The zero-order valence-corrected chi connectivity index (χ0v) is 25.5. The Bertz CT molecular complexity index is 2500. The van der Waals surface area contributed by atoms with Crippen LogP contribution in [0.5, 0.6) is 0 Å². The number of fused-ring (bicyclic) bond motifs is 5. The minimum atomic E-state index is 0.628. The van der Waals surface area contributed by atoms with E-state index in [1.807, 2.05) is 60.7 Å². The molecule has 0 spiro atoms. The molecule has 0 fully saturated rings. The second-order valence-corrected chi connectivity index (χ2v) is 11.7. The second kappa shape index (κ2) is 11.2. The third-order valence-electron chi connectivity index (χ3n) is 8.85. The molecular weight excluding hydrogens is 573 g/mol. The van der Waals surface area contributed by atoms with Crippen molar-refractivity contribution in [1.29, 1.82) is 0 Å². The van der Waals surface area contributed by atoms with Gasteiger partial charge in [0.05, 0.1) is 16.7 Å². The van der Waals surface area contributed by atoms with E-state index in [9.17, 15) is 0 Å². The van der Waals surface area contributed by atoms with Crippen LogP contribution in [-0.4, -0.2) is 19.5 Å². The quantitative estimate of drug-likeness (QED) is 0.197. The summed E-state index contributed by atoms with van der Waals surface area (Å²) in [5.74, 6) is 1.91. The minimum Gasteiger partial charge on any atom is -0.308 e. The number of para-hydroxylation sites is 1. The third kappa shape index (κ3) is 4.66. The SMILES string of the molecule is c1ccc(-c2ccc3c4c5ccccc5ccc4n(-c4ccccc4-c4nc(-c5ccccc5)nc(-c5ccccc5)n4)c3c2)cc1. The number of aromatic nitrogens is 4. The first kappa shape index (κ1) is 27.0. The molecule has 0 bridgehead atoms. The van der Waals surface area contributed by atoms with E-state index in [4.69, 9.17) is 15.0 Å². The molecule has 4 nitrogen and oxygen atoms in total. The Hall–Kier alpha value is -6.39. The van der Waals surface area contributed by atoms with Gasteiger partial charge in [-0.3, -0.25) is 0 Å². The molecular formula is C43H28N4. The zero-order valence-electron chi connectivity index (χ0n) is 25.5. The summed E-state index contributed by atoms with van der Waals surface area (Å²) in [5.41, 5.74) is 8.45. The van der Waals surface area contributed by atoms with Gasteiger partial charge < -0.3 is 4.57 Å². The fourth-order valence-electron chi connectivity index (χ4n) is 6.64. The number of hydrogen-bond acceptors (Lipinski definition) is 3. The molecule has 2 aromatic heterocycles. The molecule has 9 aromatic rings. The summed E-state index contributed by atoms with van der Waals surface area (Å²) in [4.78, 5) is 15.2. The summed E-state index contributed by atoms with van der Waals surface area (Å²) in [7, 11) is 0. The Morgan fingerprint density at radius 3 is 1.64 bits per heavy atom. The largest absolute Gasteiger partial charge is 0.308 e. The van der Waals surface area contributed by atoms with E-state index >= 15 is 0 Å². The average Bonchev–Trinajstić information content (AvgIpc) is 3.50. The maximum absolute atomic E-state index is 5.11. The van der Waals surface area contributed by atoms with Gasteiger partial charge in [-0.2, -0.15) is 0 Å². The van der Waals surface area contributed by atoms with E-state index in [1.54, 1.807) is 0 Å². The molecule has 220 valence electrons. The molecule has 0 unspecified atom stereocenters. The lowest BCUT2D eigenvalue weighted by Crippen LogP contribution is -2.03. The smallest absolute Gasteiger partial charge is 0.166 e. The van der Waals surface area contributed by atoms with Crippen molar-refractivity contribution in [1.82, 2.24) is 19.5 Å². The molecule has 0 saturated carbocycles. The van der Waals surface area contributed by atoms with Crippen LogP contribution in [0.1, 0.15) is 0 Å². The summed E-state index contributed by atoms with van der Waals surface area (Å²) < 4.78 is 2.38. The van der Waals surface area contributed by atoms with E-state index in [1.165, 1.54) is 32.7 Å². The summed E-state index contributed by atoms with van der Waals surface area (Å²) >= 11 is 0. The van der Waals surface area contributed by atoms with Crippen molar-refractivity contribution in [2.24, 2.45) is 0 Å². The van der Waals surface area contributed by atoms with Gasteiger partial charge in [0.1, 0.15) is 0 Å².